The van der Waals surface area contributed by atoms with Crippen LogP contribution in [0.15, 0.2) is 67.0 Å². The van der Waals surface area contributed by atoms with Crippen molar-refractivity contribution in [3.63, 3.8) is 0 Å². The van der Waals surface area contributed by atoms with Gasteiger partial charge < -0.3 is 29.7 Å². The molecule has 2 N–H and O–H groups in total. The zero-order valence-electron chi connectivity index (χ0n) is 25.6. The molecule has 0 spiro atoms. The Labute approximate surface area is 256 Å². The molecule has 0 atom stereocenters. The Bertz CT molecular complexity index is 1590. The van der Waals surface area contributed by atoms with Gasteiger partial charge in [-0.3, -0.25) is 4.98 Å². The Morgan fingerprint density at radius 3 is 2.45 bits per heavy atom. The smallest absolute Gasteiger partial charge is 0.410 e. The number of pyridine rings is 2. The van der Waals surface area contributed by atoms with E-state index in [0.717, 1.165) is 21.7 Å². The molecule has 0 saturated carbocycles. The van der Waals surface area contributed by atoms with Gasteiger partial charge in [0.2, 0.25) is 0 Å². The Balaban J connectivity index is 1.36. The molecule has 11 heteroatoms. The fourth-order valence-electron chi connectivity index (χ4n) is 4.55. The van der Waals surface area contributed by atoms with Crippen LogP contribution in [0.1, 0.15) is 49.5 Å². The van der Waals surface area contributed by atoms with Crippen LogP contribution in [0.25, 0.3) is 21.7 Å². The Hall–Kier alpha value is -4.93. The first-order valence-corrected chi connectivity index (χ1v) is 14.6. The van der Waals surface area contributed by atoms with E-state index in [1.165, 1.54) is 7.11 Å². The maximum atomic E-state index is 13.0. The molecular weight excluding hydrogens is 562 g/mol. The number of hydrogen-bond donors (Lipinski definition) is 2. The average Bonchev–Trinajstić information content (AvgIpc) is 3.01. The van der Waals surface area contributed by atoms with Crippen LogP contribution >= 0.6 is 0 Å². The van der Waals surface area contributed by atoms with Gasteiger partial charge in [-0.2, -0.15) is 0 Å². The third-order valence-corrected chi connectivity index (χ3v) is 6.68. The molecule has 0 bridgehead atoms. The maximum Gasteiger partial charge on any atom is 0.410 e. The highest BCUT2D eigenvalue weighted by Gasteiger charge is 2.22. The number of benzene rings is 2. The van der Waals surface area contributed by atoms with Gasteiger partial charge in [0.25, 0.3) is 0 Å². The van der Waals surface area contributed by atoms with E-state index in [2.05, 4.69) is 15.6 Å². The Morgan fingerprint density at radius 2 is 1.70 bits per heavy atom. The van der Waals surface area contributed by atoms with Gasteiger partial charge in [-0.15, -0.1) is 0 Å². The van der Waals surface area contributed by atoms with Crippen LogP contribution < -0.4 is 10.6 Å². The quantitative estimate of drug-likeness (QED) is 0.0878. The molecule has 0 unspecified atom stereocenters. The lowest BCUT2D eigenvalue weighted by Gasteiger charge is -2.27. The van der Waals surface area contributed by atoms with Gasteiger partial charge in [-0.25, -0.2) is 19.4 Å². The van der Waals surface area contributed by atoms with Crippen molar-refractivity contribution in [2.24, 2.45) is 0 Å². The van der Waals surface area contributed by atoms with Crippen LogP contribution in [0, 0.1) is 0 Å². The number of fused-ring (bicyclic) bond motifs is 3. The Morgan fingerprint density at radius 1 is 0.909 bits per heavy atom. The zero-order valence-corrected chi connectivity index (χ0v) is 25.6. The number of nitrogens with zero attached hydrogens (tertiary/aromatic N) is 3. The minimum Gasteiger partial charge on any atom is -0.465 e. The maximum absolute atomic E-state index is 13.0. The minimum atomic E-state index is -0.646. The van der Waals surface area contributed by atoms with E-state index in [-0.39, 0.29) is 6.61 Å². The van der Waals surface area contributed by atoms with Crippen LogP contribution in [-0.4, -0.2) is 71.9 Å². The predicted molar refractivity (Wildman–Crippen MR) is 169 cm³/mol. The largest absolute Gasteiger partial charge is 0.465 e. The van der Waals surface area contributed by atoms with Crippen molar-refractivity contribution in [1.29, 1.82) is 0 Å². The van der Waals surface area contributed by atoms with Crippen molar-refractivity contribution in [1.82, 2.24) is 20.2 Å². The molecule has 2 heterocycles. The highest BCUT2D eigenvalue weighted by Crippen LogP contribution is 2.29. The number of rotatable bonds is 12. The number of carbonyl (C=O) groups is 3. The van der Waals surface area contributed by atoms with Crippen molar-refractivity contribution in [2.45, 2.75) is 45.8 Å². The number of esters is 1. The van der Waals surface area contributed by atoms with Gasteiger partial charge >= 0.3 is 18.2 Å². The van der Waals surface area contributed by atoms with Crippen molar-refractivity contribution < 1.29 is 28.6 Å². The van der Waals surface area contributed by atoms with E-state index < -0.39 is 23.8 Å². The lowest BCUT2D eigenvalue weighted by atomic mass is 10.1. The van der Waals surface area contributed by atoms with Crippen LogP contribution in [-0.2, 0) is 20.8 Å². The fourth-order valence-corrected chi connectivity index (χ4v) is 4.55. The number of amides is 2. The fraction of sp³-hybridized carbons (Fsp3) is 0.364. The summed E-state index contributed by atoms with van der Waals surface area (Å²) in [5.41, 5.74) is 1.29. The molecule has 0 saturated heterocycles. The first-order valence-electron chi connectivity index (χ1n) is 14.6. The molecule has 4 rings (SSSR count). The SMILES string of the molecule is COC(=O)c1ccc2c(c1)nc(NCCN(CCCCNC(=O)OCc1ccccc1)C(=O)OC(C)(C)C)c1ccncc12. The lowest BCUT2D eigenvalue weighted by molar-refractivity contribution is 0.0254. The number of aromatic nitrogens is 2. The number of nitrogens with one attached hydrogen (secondary N) is 2. The normalized spacial score (nSPS) is 11.2. The van der Waals surface area contributed by atoms with E-state index in [0.29, 0.717) is 55.9 Å². The molecule has 0 radical (unpaired) electrons. The van der Waals surface area contributed by atoms with E-state index >= 15 is 0 Å². The van der Waals surface area contributed by atoms with Crippen LogP contribution in [0.2, 0.25) is 0 Å². The van der Waals surface area contributed by atoms with Gasteiger partial charge in [0.15, 0.2) is 0 Å². The lowest BCUT2D eigenvalue weighted by Crippen LogP contribution is -2.40. The second-order valence-electron chi connectivity index (χ2n) is 11.2. The molecule has 0 aliphatic rings. The molecule has 0 aliphatic heterocycles. The molecule has 232 valence electrons. The summed E-state index contributed by atoms with van der Waals surface area (Å²) in [7, 11) is 1.34. The first kappa shape index (κ1) is 32.0. The second-order valence-corrected chi connectivity index (χ2v) is 11.2. The van der Waals surface area contributed by atoms with Crippen LogP contribution in [0.3, 0.4) is 0 Å². The molecule has 0 fully saturated rings. The van der Waals surface area contributed by atoms with Gasteiger partial charge in [-0.1, -0.05) is 36.4 Å². The zero-order chi connectivity index (χ0) is 31.5. The third kappa shape index (κ3) is 9.03. The number of ether oxygens (including phenoxy) is 3. The van der Waals surface area contributed by atoms with Crippen molar-refractivity contribution in [2.75, 3.05) is 38.6 Å². The average molecular weight is 602 g/mol. The summed E-state index contributed by atoms with van der Waals surface area (Å²) in [4.78, 5) is 47.9. The van der Waals surface area contributed by atoms with E-state index in [1.807, 2.05) is 63.2 Å². The van der Waals surface area contributed by atoms with Gasteiger partial charge in [0.1, 0.15) is 18.0 Å². The molecule has 2 amide bonds. The van der Waals surface area contributed by atoms with E-state index in [1.54, 1.807) is 29.4 Å². The molecule has 11 nitrogen and oxygen atoms in total. The monoisotopic (exact) mass is 601 g/mol. The molecule has 4 aromatic rings. The highest BCUT2D eigenvalue weighted by molar-refractivity contribution is 6.10. The number of carbonyl (C=O) groups excluding carboxylic acids is 3. The van der Waals surface area contributed by atoms with Crippen LogP contribution in [0.5, 0.6) is 0 Å². The van der Waals surface area contributed by atoms with E-state index in [9.17, 15) is 14.4 Å². The topological polar surface area (TPSA) is 132 Å². The Kier molecular flexibility index (Phi) is 10.9. The van der Waals surface area contributed by atoms with Crippen molar-refractivity contribution >= 4 is 45.6 Å². The highest BCUT2D eigenvalue weighted by atomic mass is 16.6. The molecule has 2 aromatic heterocycles. The summed E-state index contributed by atoms with van der Waals surface area (Å²) in [6.07, 6.45) is 3.86. The van der Waals surface area contributed by atoms with Gasteiger partial charge in [0.05, 0.1) is 18.2 Å². The number of anilines is 1. The summed E-state index contributed by atoms with van der Waals surface area (Å²) in [5.74, 6) is 0.168. The standard InChI is InChI=1S/C33H39N5O6/c1-33(2,3)44-32(41)38(18-9-8-15-36-31(40)43-22-23-10-6-5-7-11-23)19-17-35-29-26-14-16-34-21-27(26)25-13-12-24(30(39)42-4)20-28(25)37-29/h5-7,10-14,16,20-21H,8-9,15,17-19,22H2,1-4H3,(H,35,37)(H,36,40). The molecule has 2 aromatic carbocycles. The predicted octanol–water partition coefficient (Wildman–Crippen LogP) is 5.93. The summed E-state index contributed by atoms with van der Waals surface area (Å²) in [6.45, 7) is 7.30. The summed E-state index contributed by atoms with van der Waals surface area (Å²) >= 11 is 0. The van der Waals surface area contributed by atoms with Crippen molar-refractivity contribution in [3.8, 4) is 0 Å². The molecular formula is C33H39N5O6. The number of methoxy groups -OCH3 is 1. The number of alkyl carbamates (subject to hydrolysis) is 1. The van der Waals surface area contributed by atoms with Gasteiger partial charge in [0, 0.05) is 54.7 Å². The van der Waals surface area contributed by atoms with Crippen molar-refractivity contribution in [3.05, 3.63) is 78.1 Å². The first-order chi connectivity index (χ1) is 21.1. The van der Waals surface area contributed by atoms with Gasteiger partial charge in [-0.05, 0) is 57.4 Å². The summed E-state index contributed by atoms with van der Waals surface area (Å²) < 4.78 is 15.8. The number of unbranched alkanes of at least 4 members (excludes halogenated alkanes) is 1. The van der Waals surface area contributed by atoms with E-state index in [4.69, 9.17) is 19.2 Å². The van der Waals surface area contributed by atoms with Crippen LogP contribution in [0.4, 0.5) is 15.4 Å². The molecule has 44 heavy (non-hydrogen) atoms. The minimum absolute atomic E-state index is 0.205. The summed E-state index contributed by atoms with van der Waals surface area (Å²) in [6, 6.07) is 16.6. The summed E-state index contributed by atoms with van der Waals surface area (Å²) in [5, 5.41) is 8.72. The number of hydrogen-bond acceptors (Lipinski definition) is 9. The second kappa shape index (κ2) is 15.0. The third-order valence-electron chi connectivity index (χ3n) is 6.68. The molecule has 0 aliphatic carbocycles.